The maximum absolute atomic E-state index is 13.3. The van der Waals surface area contributed by atoms with Crippen LogP contribution in [0.5, 0.6) is 0 Å². The number of aromatic nitrogens is 1. The molecule has 160 valence electrons. The largest absolute Gasteiger partial charge is 0.308 e. The molecule has 2 aromatic carbocycles. The van der Waals surface area contributed by atoms with Gasteiger partial charge in [0, 0.05) is 18.7 Å². The summed E-state index contributed by atoms with van der Waals surface area (Å²) in [5.41, 5.74) is 3.61. The van der Waals surface area contributed by atoms with Crippen molar-refractivity contribution in [2.75, 3.05) is 37.8 Å². The third-order valence-electron chi connectivity index (χ3n) is 4.90. The first kappa shape index (κ1) is 22.4. The van der Waals surface area contributed by atoms with Crippen LogP contribution in [0.15, 0.2) is 41.3 Å². The van der Waals surface area contributed by atoms with Gasteiger partial charge in [-0.3, -0.25) is 9.69 Å². The van der Waals surface area contributed by atoms with E-state index < -0.39 is 9.84 Å². The van der Waals surface area contributed by atoms with Gasteiger partial charge in [-0.05, 0) is 69.4 Å². The van der Waals surface area contributed by atoms with E-state index in [1.807, 2.05) is 32.0 Å². The highest BCUT2D eigenvalue weighted by molar-refractivity contribution is 7.91. The zero-order chi connectivity index (χ0) is 22.1. The molecule has 1 amide bonds. The van der Waals surface area contributed by atoms with Gasteiger partial charge >= 0.3 is 0 Å². The van der Waals surface area contributed by atoms with Crippen LogP contribution in [0.25, 0.3) is 10.2 Å². The summed E-state index contributed by atoms with van der Waals surface area (Å²) < 4.78 is 25.2. The molecule has 3 rings (SSSR count). The fourth-order valence-corrected chi connectivity index (χ4v) is 5.12. The molecular formula is C22H27N3O3S2. The molecule has 1 aromatic heterocycles. The van der Waals surface area contributed by atoms with E-state index in [2.05, 4.69) is 13.0 Å². The van der Waals surface area contributed by atoms with E-state index in [1.54, 1.807) is 24.0 Å². The third-order valence-corrected chi connectivity index (χ3v) is 7.88. The predicted octanol–water partition coefficient (Wildman–Crippen LogP) is 3.92. The second-order valence-electron chi connectivity index (χ2n) is 7.61. The number of aryl methyl sites for hydroxylation is 2. The summed E-state index contributed by atoms with van der Waals surface area (Å²) in [5, 5.41) is 0.649. The lowest BCUT2D eigenvalue weighted by Crippen LogP contribution is -2.36. The Kier molecular flexibility index (Phi) is 6.59. The van der Waals surface area contributed by atoms with E-state index in [0.717, 1.165) is 21.3 Å². The number of carbonyl (C=O) groups is 1. The van der Waals surface area contributed by atoms with Gasteiger partial charge in [0.05, 0.1) is 20.9 Å². The van der Waals surface area contributed by atoms with Gasteiger partial charge in [-0.2, -0.15) is 0 Å². The lowest BCUT2D eigenvalue weighted by molar-refractivity contribution is 0.0985. The van der Waals surface area contributed by atoms with E-state index in [9.17, 15) is 13.2 Å². The maximum atomic E-state index is 13.3. The Bertz CT molecular complexity index is 1170. The summed E-state index contributed by atoms with van der Waals surface area (Å²) >= 11 is 1.51. The summed E-state index contributed by atoms with van der Waals surface area (Å²) in [7, 11) is 0.612. The molecule has 0 spiro atoms. The van der Waals surface area contributed by atoms with Gasteiger partial charge in [-0.1, -0.05) is 24.3 Å². The van der Waals surface area contributed by atoms with Crippen LogP contribution in [-0.4, -0.2) is 57.1 Å². The molecule has 3 aromatic rings. The molecule has 0 unspecified atom stereocenters. The first-order valence-corrected chi connectivity index (χ1v) is 12.3. The Labute approximate surface area is 182 Å². The van der Waals surface area contributed by atoms with Gasteiger partial charge in [0.25, 0.3) is 5.91 Å². The Morgan fingerprint density at radius 3 is 2.33 bits per heavy atom. The number of anilines is 1. The zero-order valence-electron chi connectivity index (χ0n) is 18.0. The molecule has 0 saturated carbocycles. The van der Waals surface area contributed by atoms with Gasteiger partial charge < -0.3 is 4.90 Å². The fraction of sp³-hybridized carbons (Fsp3) is 0.364. The Hall–Kier alpha value is -2.29. The molecule has 0 aliphatic rings. The Morgan fingerprint density at radius 2 is 1.73 bits per heavy atom. The number of amides is 1. The minimum Gasteiger partial charge on any atom is -0.308 e. The summed E-state index contributed by atoms with van der Waals surface area (Å²) in [5.74, 6) is -0.162. The molecule has 0 N–H and O–H groups in total. The molecule has 0 bridgehead atoms. The number of fused-ring (bicyclic) bond motifs is 1. The predicted molar refractivity (Wildman–Crippen MR) is 123 cm³/mol. The zero-order valence-corrected chi connectivity index (χ0v) is 19.6. The van der Waals surface area contributed by atoms with Crippen molar-refractivity contribution in [1.82, 2.24) is 9.88 Å². The molecule has 6 nitrogen and oxygen atoms in total. The first-order valence-electron chi connectivity index (χ1n) is 9.79. The average Bonchev–Trinajstić information content (AvgIpc) is 3.12. The van der Waals surface area contributed by atoms with Crippen molar-refractivity contribution in [2.24, 2.45) is 0 Å². The second kappa shape index (κ2) is 8.83. The lowest BCUT2D eigenvalue weighted by Gasteiger charge is -2.22. The minimum atomic E-state index is -3.30. The highest BCUT2D eigenvalue weighted by Crippen LogP contribution is 2.32. The quantitative estimate of drug-likeness (QED) is 0.551. The number of carbonyl (C=O) groups excluding carboxylic acids is 1. The van der Waals surface area contributed by atoms with Gasteiger partial charge in [-0.15, -0.1) is 0 Å². The summed E-state index contributed by atoms with van der Waals surface area (Å²) in [6, 6.07) is 10.3. The first-order chi connectivity index (χ1) is 14.1. The Morgan fingerprint density at radius 1 is 1.07 bits per heavy atom. The number of hydrogen-bond acceptors (Lipinski definition) is 6. The van der Waals surface area contributed by atoms with Crippen LogP contribution >= 0.6 is 11.3 Å². The standard InChI is InChI=1S/C22H27N3O3S2/c1-6-30(27,28)18-9-7-17(8-10-18)21(26)25(12-11-24(4)5)22-23-19-14-15(2)13-16(3)20(19)29-22/h7-10,13-14H,6,11-12H2,1-5H3. The van der Waals surface area contributed by atoms with Crippen LogP contribution in [0.3, 0.4) is 0 Å². The molecule has 0 saturated heterocycles. The van der Waals surface area contributed by atoms with Gasteiger partial charge in [0.15, 0.2) is 15.0 Å². The number of likely N-dealkylation sites (N-methyl/N-ethyl adjacent to an activating group) is 1. The Balaban J connectivity index is 1.99. The molecule has 8 heteroatoms. The molecule has 0 radical (unpaired) electrons. The van der Waals surface area contributed by atoms with E-state index in [1.165, 1.54) is 23.5 Å². The molecule has 1 heterocycles. The fourth-order valence-electron chi connectivity index (χ4n) is 3.19. The van der Waals surface area contributed by atoms with E-state index in [4.69, 9.17) is 4.98 Å². The molecule has 0 aliphatic heterocycles. The van der Waals surface area contributed by atoms with Gasteiger partial charge in [-0.25, -0.2) is 13.4 Å². The second-order valence-corrected chi connectivity index (χ2v) is 10.9. The molecule has 0 fully saturated rings. The molecular weight excluding hydrogens is 418 g/mol. The molecule has 0 aliphatic carbocycles. The van der Waals surface area contributed by atoms with Crippen LogP contribution in [0, 0.1) is 13.8 Å². The highest BCUT2D eigenvalue weighted by Gasteiger charge is 2.22. The van der Waals surface area contributed by atoms with Crippen molar-refractivity contribution in [3.63, 3.8) is 0 Å². The number of thiazole rings is 1. The van der Waals surface area contributed by atoms with Crippen molar-refractivity contribution in [3.05, 3.63) is 53.1 Å². The molecule has 30 heavy (non-hydrogen) atoms. The average molecular weight is 446 g/mol. The minimum absolute atomic E-state index is 0.0275. The van der Waals surface area contributed by atoms with Crippen molar-refractivity contribution >= 4 is 42.4 Å². The lowest BCUT2D eigenvalue weighted by atomic mass is 10.1. The topological polar surface area (TPSA) is 70.6 Å². The number of sulfone groups is 1. The third kappa shape index (κ3) is 4.71. The van der Waals surface area contributed by atoms with Crippen LogP contribution in [0.1, 0.15) is 28.4 Å². The smallest absolute Gasteiger partial charge is 0.260 e. The van der Waals surface area contributed by atoms with E-state index in [-0.39, 0.29) is 16.6 Å². The van der Waals surface area contributed by atoms with Crippen molar-refractivity contribution in [3.8, 4) is 0 Å². The van der Waals surface area contributed by atoms with Crippen LogP contribution in [0.2, 0.25) is 0 Å². The van der Waals surface area contributed by atoms with E-state index in [0.29, 0.717) is 23.8 Å². The van der Waals surface area contributed by atoms with Crippen molar-refractivity contribution in [1.29, 1.82) is 0 Å². The van der Waals surface area contributed by atoms with Gasteiger partial charge in [0.1, 0.15) is 0 Å². The summed E-state index contributed by atoms with van der Waals surface area (Å²) in [4.78, 5) is 22.0. The van der Waals surface area contributed by atoms with Crippen molar-refractivity contribution in [2.45, 2.75) is 25.7 Å². The highest BCUT2D eigenvalue weighted by atomic mass is 32.2. The number of benzene rings is 2. The van der Waals surface area contributed by atoms with Crippen LogP contribution < -0.4 is 4.90 Å². The number of rotatable bonds is 7. The van der Waals surface area contributed by atoms with Gasteiger partial charge in [0.2, 0.25) is 0 Å². The van der Waals surface area contributed by atoms with E-state index >= 15 is 0 Å². The normalized spacial score (nSPS) is 11.9. The monoisotopic (exact) mass is 445 g/mol. The summed E-state index contributed by atoms with van der Waals surface area (Å²) in [6.07, 6.45) is 0. The SMILES string of the molecule is CCS(=O)(=O)c1ccc(C(=O)N(CCN(C)C)c2nc3cc(C)cc(C)c3s2)cc1. The number of hydrogen-bond donors (Lipinski definition) is 0. The maximum Gasteiger partial charge on any atom is 0.260 e. The van der Waals surface area contributed by atoms with Crippen LogP contribution in [0.4, 0.5) is 5.13 Å². The molecule has 0 atom stereocenters. The number of nitrogens with zero attached hydrogens (tertiary/aromatic N) is 3. The van der Waals surface area contributed by atoms with Crippen molar-refractivity contribution < 1.29 is 13.2 Å². The summed E-state index contributed by atoms with van der Waals surface area (Å²) in [6.45, 7) is 6.86. The van der Waals surface area contributed by atoms with Crippen LogP contribution in [-0.2, 0) is 9.84 Å².